The molecule has 0 radical (unpaired) electrons. The molecular weight excluding hydrogens is 401 g/mol. The minimum Gasteiger partial charge on any atom is -0.439 e. The molecule has 1 amide bonds. The van der Waals surface area contributed by atoms with Crippen LogP contribution in [0.4, 0.5) is 0 Å². The fourth-order valence-corrected chi connectivity index (χ4v) is 3.61. The van der Waals surface area contributed by atoms with Gasteiger partial charge in [-0.05, 0) is 42.7 Å². The largest absolute Gasteiger partial charge is 0.439 e. The van der Waals surface area contributed by atoms with Gasteiger partial charge in [0.2, 0.25) is 0 Å². The number of ether oxygens (including phenoxy) is 1. The number of rotatable bonds is 5. The first-order valence-corrected chi connectivity index (χ1v) is 9.63. The van der Waals surface area contributed by atoms with Gasteiger partial charge in [-0.15, -0.1) is 5.10 Å². The Kier molecular flexibility index (Phi) is 5.50. The average Bonchev–Trinajstić information content (AvgIpc) is 3.39. The SMILES string of the molecule is O=C(COc1nnc(-c2ccccc2)o1)N1CCCC1c1ccc(Cl)c(Cl)c1. The second kappa shape index (κ2) is 8.20. The van der Waals surface area contributed by atoms with Crippen LogP contribution in [-0.4, -0.2) is 34.2 Å². The first-order chi connectivity index (χ1) is 13.6. The van der Waals surface area contributed by atoms with Gasteiger partial charge in [0.15, 0.2) is 6.61 Å². The monoisotopic (exact) mass is 417 g/mol. The summed E-state index contributed by atoms with van der Waals surface area (Å²) in [6.07, 6.45) is 1.75. The molecule has 1 unspecified atom stereocenters. The minimum absolute atomic E-state index is 0.0301. The Labute approximate surface area is 172 Å². The van der Waals surface area contributed by atoms with E-state index in [0.717, 1.165) is 24.0 Å². The van der Waals surface area contributed by atoms with Crippen LogP contribution < -0.4 is 4.74 Å². The molecule has 4 rings (SSSR count). The fraction of sp³-hybridized carbons (Fsp3) is 0.250. The summed E-state index contributed by atoms with van der Waals surface area (Å²) in [7, 11) is 0. The molecule has 0 aliphatic carbocycles. The Morgan fingerprint density at radius 2 is 1.96 bits per heavy atom. The third-order valence-corrected chi connectivity index (χ3v) is 5.39. The number of nitrogens with zero attached hydrogens (tertiary/aromatic N) is 3. The highest BCUT2D eigenvalue weighted by Crippen LogP contribution is 2.35. The summed E-state index contributed by atoms with van der Waals surface area (Å²) in [5.74, 6) is 0.200. The molecule has 1 fully saturated rings. The molecule has 3 aromatic rings. The normalized spacial score (nSPS) is 16.4. The second-order valence-electron chi connectivity index (χ2n) is 6.45. The molecule has 1 aliphatic heterocycles. The number of likely N-dealkylation sites (tertiary alicyclic amines) is 1. The summed E-state index contributed by atoms with van der Waals surface area (Å²) < 4.78 is 10.9. The lowest BCUT2D eigenvalue weighted by atomic mass is 10.0. The molecule has 0 saturated carbocycles. The summed E-state index contributed by atoms with van der Waals surface area (Å²) in [5.41, 5.74) is 1.75. The summed E-state index contributed by atoms with van der Waals surface area (Å²) in [5, 5.41) is 8.77. The van der Waals surface area contributed by atoms with Gasteiger partial charge in [0.1, 0.15) is 0 Å². The molecule has 8 heteroatoms. The van der Waals surface area contributed by atoms with Crippen molar-refractivity contribution in [2.75, 3.05) is 13.2 Å². The standard InChI is InChI=1S/C20H17Cl2N3O3/c21-15-9-8-14(11-16(15)22)17-7-4-10-25(17)18(26)12-27-20-24-23-19(28-20)13-5-2-1-3-6-13/h1-3,5-6,8-9,11,17H,4,7,10,12H2. The van der Waals surface area contributed by atoms with Crippen molar-refractivity contribution in [2.24, 2.45) is 0 Å². The third-order valence-electron chi connectivity index (χ3n) is 4.65. The van der Waals surface area contributed by atoms with E-state index in [2.05, 4.69) is 10.2 Å². The van der Waals surface area contributed by atoms with Crippen LogP contribution in [0.25, 0.3) is 11.5 Å². The molecule has 1 atom stereocenters. The number of halogens is 2. The maximum absolute atomic E-state index is 12.7. The molecule has 28 heavy (non-hydrogen) atoms. The number of aromatic nitrogens is 2. The molecule has 1 saturated heterocycles. The van der Waals surface area contributed by atoms with Crippen LogP contribution in [0.2, 0.25) is 10.0 Å². The van der Waals surface area contributed by atoms with Crippen LogP contribution in [0.3, 0.4) is 0 Å². The Morgan fingerprint density at radius 3 is 2.75 bits per heavy atom. The summed E-state index contributed by atoms with van der Waals surface area (Å²) in [6, 6.07) is 14.8. The topological polar surface area (TPSA) is 68.5 Å². The van der Waals surface area contributed by atoms with Crippen molar-refractivity contribution in [2.45, 2.75) is 18.9 Å². The quantitative estimate of drug-likeness (QED) is 0.596. The molecule has 144 valence electrons. The van der Waals surface area contributed by atoms with E-state index in [1.165, 1.54) is 0 Å². The molecule has 2 aromatic carbocycles. The molecule has 0 bridgehead atoms. The summed E-state index contributed by atoms with van der Waals surface area (Å²) in [4.78, 5) is 14.5. The van der Waals surface area contributed by atoms with Gasteiger partial charge in [0.25, 0.3) is 11.8 Å². The van der Waals surface area contributed by atoms with Gasteiger partial charge in [-0.1, -0.05) is 52.6 Å². The zero-order chi connectivity index (χ0) is 19.5. The lowest BCUT2D eigenvalue weighted by Gasteiger charge is -2.25. The first-order valence-electron chi connectivity index (χ1n) is 8.88. The Bertz CT molecular complexity index is 978. The van der Waals surface area contributed by atoms with Crippen LogP contribution >= 0.6 is 23.2 Å². The van der Waals surface area contributed by atoms with Gasteiger partial charge in [0, 0.05) is 12.1 Å². The Morgan fingerprint density at radius 1 is 1.14 bits per heavy atom. The Hall–Kier alpha value is -2.57. The van der Waals surface area contributed by atoms with Crippen LogP contribution in [0, 0.1) is 0 Å². The molecule has 1 aliphatic rings. The molecule has 1 aromatic heterocycles. The smallest absolute Gasteiger partial charge is 0.415 e. The summed E-state index contributed by atoms with van der Waals surface area (Å²) >= 11 is 12.1. The van der Waals surface area contributed by atoms with E-state index in [1.54, 1.807) is 11.0 Å². The predicted molar refractivity (Wildman–Crippen MR) is 105 cm³/mol. The zero-order valence-electron chi connectivity index (χ0n) is 14.8. The van der Waals surface area contributed by atoms with Crippen molar-refractivity contribution in [3.63, 3.8) is 0 Å². The zero-order valence-corrected chi connectivity index (χ0v) is 16.4. The number of carbonyl (C=O) groups is 1. The maximum Gasteiger partial charge on any atom is 0.415 e. The number of hydrogen-bond acceptors (Lipinski definition) is 5. The van der Waals surface area contributed by atoms with Gasteiger partial charge >= 0.3 is 6.08 Å². The molecule has 6 nitrogen and oxygen atoms in total. The number of hydrogen-bond donors (Lipinski definition) is 0. The van der Waals surface area contributed by atoms with Crippen molar-refractivity contribution >= 4 is 29.1 Å². The predicted octanol–water partition coefficient (Wildman–Crippen LogP) is 4.79. The highest BCUT2D eigenvalue weighted by atomic mass is 35.5. The van der Waals surface area contributed by atoms with E-state index in [-0.39, 0.29) is 24.6 Å². The highest BCUT2D eigenvalue weighted by Gasteiger charge is 2.30. The van der Waals surface area contributed by atoms with Gasteiger partial charge in [0.05, 0.1) is 16.1 Å². The van der Waals surface area contributed by atoms with E-state index in [4.69, 9.17) is 32.4 Å². The lowest BCUT2D eigenvalue weighted by Crippen LogP contribution is -2.34. The van der Waals surface area contributed by atoms with Crippen LogP contribution in [0.5, 0.6) is 6.08 Å². The number of amides is 1. The lowest BCUT2D eigenvalue weighted by molar-refractivity contribution is -0.134. The van der Waals surface area contributed by atoms with E-state index in [0.29, 0.717) is 22.5 Å². The maximum atomic E-state index is 12.7. The van der Waals surface area contributed by atoms with Crippen molar-refractivity contribution in [3.05, 3.63) is 64.1 Å². The van der Waals surface area contributed by atoms with Gasteiger partial charge in [-0.2, -0.15) is 0 Å². The van der Waals surface area contributed by atoms with Crippen molar-refractivity contribution < 1.29 is 13.9 Å². The van der Waals surface area contributed by atoms with Gasteiger partial charge < -0.3 is 14.1 Å². The molecule has 2 heterocycles. The highest BCUT2D eigenvalue weighted by molar-refractivity contribution is 6.42. The van der Waals surface area contributed by atoms with Gasteiger partial charge in [-0.25, -0.2) is 0 Å². The molecule has 0 spiro atoms. The second-order valence-corrected chi connectivity index (χ2v) is 7.26. The molecular formula is C20H17Cl2N3O3. The van der Waals surface area contributed by atoms with E-state index >= 15 is 0 Å². The van der Waals surface area contributed by atoms with Gasteiger partial charge in [-0.3, -0.25) is 4.79 Å². The first kappa shape index (κ1) is 18.8. The van der Waals surface area contributed by atoms with Crippen molar-refractivity contribution in [1.82, 2.24) is 15.1 Å². The van der Waals surface area contributed by atoms with E-state index < -0.39 is 0 Å². The van der Waals surface area contributed by atoms with Crippen molar-refractivity contribution in [1.29, 1.82) is 0 Å². The van der Waals surface area contributed by atoms with Crippen LogP contribution in [-0.2, 0) is 4.79 Å². The van der Waals surface area contributed by atoms with E-state index in [9.17, 15) is 4.79 Å². The molecule has 0 N–H and O–H groups in total. The van der Waals surface area contributed by atoms with Crippen LogP contribution in [0.1, 0.15) is 24.4 Å². The number of carbonyl (C=O) groups excluding carboxylic acids is 1. The van der Waals surface area contributed by atoms with Crippen LogP contribution in [0.15, 0.2) is 52.9 Å². The fourth-order valence-electron chi connectivity index (χ4n) is 3.30. The van der Waals surface area contributed by atoms with E-state index in [1.807, 2.05) is 42.5 Å². The van der Waals surface area contributed by atoms with Crippen molar-refractivity contribution in [3.8, 4) is 17.5 Å². The number of benzene rings is 2. The minimum atomic E-state index is -0.172. The Balaban J connectivity index is 1.40. The third kappa shape index (κ3) is 3.98. The summed E-state index contributed by atoms with van der Waals surface area (Å²) in [6.45, 7) is 0.487. The average molecular weight is 418 g/mol.